The van der Waals surface area contributed by atoms with Crippen molar-refractivity contribution in [2.75, 3.05) is 0 Å². The maximum atomic E-state index is 12.4. The minimum atomic E-state index is -3.90. The normalized spacial score (nSPS) is 13.1. The van der Waals surface area contributed by atoms with Crippen LogP contribution in [0.1, 0.15) is 23.2 Å². The first-order valence-corrected chi connectivity index (χ1v) is 9.18. The third-order valence-corrected chi connectivity index (χ3v) is 5.98. The molecule has 2 rings (SSSR count). The highest BCUT2D eigenvalue weighted by atomic mass is 32.2. The highest BCUT2D eigenvalue weighted by Gasteiger charge is 2.27. The summed E-state index contributed by atoms with van der Waals surface area (Å²) >= 11 is 1.55. The van der Waals surface area contributed by atoms with Crippen molar-refractivity contribution < 1.29 is 13.2 Å². The topological polar surface area (TPSA) is 81.1 Å². The van der Waals surface area contributed by atoms with Crippen LogP contribution in [0.15, 0.2) is 22.4 Å². The van der Waals surface area contributed by atoms with Crippen LogP contribution in [-0.2, 0) is 28.3 Å². The van der Waals surface area contributed by atoms with Crippen molar-refractivity contribution in [1.82, 2.24) is 14.5 Å². The number of carbonyl (C=O) groups excluding carboxylic acids is 1. The highest BCUT2D eigenvalue weighted by Crippen LogP contribution is 2.19. The molecule has 0 radical (unpaired) electrons. The van der Waals surface area contributed by atoms with Gasteiger partial charge in [0.15, 0.2) is 0 Å². The zero-order valence-corrected chi connectivity index (χ0v) is 14.6. The molecule has 22 heavy (non-hydrogen) atoms. The van der Waals surface area contributed by atoms with Crippen LogP contribution in [0.2, 0.25) is 0 Å². The number of nitrogens with one attached hydrogen (secondary N) is 1. The predicted molar refractivity (Wildman–Crippen MR) is 85.2 cm³/mol. The molecule has 0 aliphatic carbocycles. The lowest BCUT2D eigenvalue weighted by Crippen LogP contribution is -2.35. The van der Waals surface area contributed by atoms with Gasteiger partial charge in [0.1, 0.15) is 4.90 Å². The molecule has 0 fully saturated rings. The van der Waals surface area contributed by atoms with Crippen LogP contribution < -0.4 is 4.72 Å². The molecule has 2 aromatic heterocycles. The van der Waals surface area contributed by atoms with Gasteiger partial charge in [0.25, 0.3) is 10.0 Å². The summed E-state index contributed by atoms with van der Waals surface area (Å²) in [4.78, 5) is 13.3. The van der Waals surface area contributed by atoms with Crippen LogP contribution >= 0.6 is 11.3 Å². The average molecular weight is 341 g/mol. The Morgan fingerprint density at radius 2 is 2.14 bits per heavy atom. The van der Waals surface area contributed by atoms with Gasteiger partial charge in [-0.3, -0.25) is 9.48 Å². The van der Waals surface area contributed by atoms with Crippen LogP contribution in [0, 0.1) is 19.8 Å². The Hall–Kier alpha value is -1.67. The Balaban J connectivity index is 2.16. The summed E-state index contributed by atoms with van der Waals surface area (Å²) < 4.78 is 28.5. The summed E-state index contributed by atoms with van der Waals surface area (Å²) in [6.45, 7) is 4.99. The van der Waals surface area contributed by atoms with E-state index in [1.165, 1.54) is 4.68 Å². The Labute approximate surface area is 134 Å². The SMILES string of the molecule is Cc1nn(C)c(C)c1S(=O)(=O)NC(=O)[C@@H](C)Cc1cccs1. The van der Waals surface area contributed by atoms with E-state index in [2.05, 4.69) is 9.82 Å². The van der Waals surface area contributed by atoms with Gasteiger partial charge in [0, 0.05) is 17.8 Å². The van der Waals surface area contributed by atoms with Crippen molar-refractivity contribution in [3.63, 3.8) is 0 Å². The Morgan fingerprint density at radius 1 is 1.45 bits per heavy atom. The molecule has 6 nitrogen and oxygen atoms in total. The maximum absolute atomic E-state index is 12.4. The van der Waals surface area contributed by atoms with Gasteiger partial charge in [-0.1, -0.05) is 13.0 Å². The molecule has 0 aliphatic rings. The van der Waals surface area contributed by atoms with Crippen molar-refractivity contribution >= 4 is 27.3 Å². The first-order valence-electron chi connectivity index (χ1n) is 6.81. The van der Waals surface area contributed by atoms with Crippen LogP contribution in [0.5, 0.6) is 0 Å². The van der Waals surface area contributed by atoms with Gasteiger partial charge in [-0.05, 0) is 31.7 Å². The smallest absolute Gasteiger partial charge is 0.267 e. The van der Waals surface area contributed by atoms with Gasteiger partial charge in [-0.2, -0.15) is 5.10 Å². The Bertz CT molecular complexity index is 777. The first kappa shape index (κ1) is 16.7. The highest BCUT2D eigenvalue weighted by molar-refractivity contribution is 7.90. The summed E-state index contributed by atoms with van der Waals surface area (Å²) in [5, 5.41) is 6.01. The Morgan fingerprint density at radius 3 is 2.64 bits per heavy atom. The molecule has 0 saturated carbocycles. The van der Waals surface area contributed by atoms with Crippen LogP contribution in [-0.4, -0.2) is 24.1 Å². The number of sulfonamides is 1. The van der Waals surface area contributed by atoms with E-state index >= 15 is 0 Å². The van der Waals surface area contributed by atoms with Gasteiger partial charge in [0.2, 0.25) is 5.91 Å². The third kappa shape index (κ3) is 3.38. The molecule has 0 saturated heterocycles. The molecule has 2 heterocycles. The fraction of sp³-hybridized carbons (Fsp3) is 0.429. The lowest BCUT2D eigenvalue weighted by atomic mass is 10.1. The van der Waals surface area contributed by atoms with Crippen LogP contribution in [0.25, 0.3) is 0 Å². The summed E-state index contributed by atoms with van der Waals surface area (Å²) in [5.41, 5.74) is 0.884. The minimum Gasteiger partial charge on any atom is -0.274 e. The number of nitrogens with zero attached hydrogens (tertiary/aromatic N) is 2. The summed E-state index contributed by atoms with van der Waals surface area (Å²) in [6, 6.07) is 3.84. The second-order valence-corrected chi connectivity index (χ2v) is 7.93. The molecule has 1 amide bonds. The molecular formula is C14H19N3O3S2. The summed E-state index contributed by atoms with van der Waals surface area (Å²) in [6.07, 6.45) is 0.518. The van der Waals surface area contributed by atoms with E-state index in [0.717, 1.165) is 4.88 Å². The fourth-order valence-electron chi connectivity index (χ4n) is 2.25. The number of aromatic nitrogens is 2. The van der Waals surface area contributed by atoms with Crippen molar-refractivity contribution in [3.05, 3.63) is 33.8 Å². The molecule has 120 valence electrons. The standard InChI is InChI=1S/C14H19N3O3S2/c1-9(8-12-6-5-7-21-12)14(18)16-22(19,20)13-10(2)15-17(4)11(13)3/h5-7,9H,8H2,1-4H3,(H,16,18)/t9-/m0/s1. The molecule has 0 aliphatic heterocycles. The number of aryl methyl sites for hydroxylation is 2. The lowest BCUT2D eigenvalue weighted by molar-refractivity contribution is -0.122. The number of carbonyl (C=O) groups is 1. The zero-order chi connectivity index (χ0) is 16.5. The second-order valence-electron chi connectivity index (χ2n) is 5.28. The lowest BCUT2D eigenvalue weighted by Gasteiger charge is -2.12. The van der Waals surface area contributed by atoms with Crippen molar-refractivity contribution in [2.45, 2.75) is 32.1 Å². The van der Waals surface area contributed by atoms with Gasteiger partial charge < -0.3 is 0 Å². The molecule has 0 spiro atoms. The number of hydrogen-bond acceptors (Lipinski definition) is 5. The molecule has 1 atom stereocenters. The van der Waals surface area contributed by atoms with Gasteiger partial charge in [0.05, 0.1) is 11.4 Å². The first-order chi connectivity index (χ1) is 10.2. The van der Waals surface area contributed by atoms with E-state index in [1.54, 1.807) is 39.2 Å². The fourth-order valence-corrected chi connectivity index (χ4v) is 4.60. The summed E-state index contributed by atoms with van der Waals surface area (Å²) in [7, 11) is -2.23. The van der Waals surface area contributed by atoms with Crippen LogP contribution in [0.3, 0.4) is 0 Å². The molecule has 0 aromatic carbocycles. The minimum absolute atomic E-state index is 0.0756. The van der Waals surface area contributed by atoms with Gasteiger partial charge in [-0.15, -0.1) is 11.3 Å². The van der Waals surface area contributed by atoms with E-state index in [0.29, 0.717) is 17.8 Å². The molecule has 1 N–H and O–H groups in total. The van der Waals surface area contributed by atoms with E-state index in [9.17, 15) is 13.2 Å². The van der Waals surface area contributed by atoms with Gasteiger partial charge in [-0.25, -0.2) is 13.1 Å². The van der Waals surface area contributed by atoms with Gasteiger partial charge >= 0.3 is 0 Å². The monoisotopic (exact) mass is 341 g/mol. The number of amides is 1. The molecule has 0 bridgehead atoms. The number of thiophene rings is 1. The second kappa shape index (κ2) is 6.21. The van der Waals surface area contributed by atoms with Crippen molar-refractivity contribution in [3.8, 4) is 0 Å². The largest absolute Gasteiger partial charge is 0.274 e. The van der Waals surface area contributed by atoms with E-state index < -0.39 is 21.8 Å². The van der Waals surface area contributed by atoms with E-state index in [1.807, 2.05) is 17.5 Å². The maximum Gasteiger partial charge on any atom is 0.267 e. The third-order valence-electron chi connectivity index (χ3n) is 3.48. The van der Waals surface area contributed by atoms with Crippen molar-refractivity contribution in [1.29, 1.82) is 0 Å². The molecule has 2 aromatic rings. The average Bonchev–Trinajstić information content (AvgIpc) is 2.98. The number of hydrogen-bond donors (Lipinski definition) is 1. The van der Waals surface area contributed by atoms with Crippen molar-refractivity contribution in [2.24, 2.45) is 13.0 Å². The molecular weight excluding hydrogens is 322 g/mol. The zero-order valence-electron chi connectivity index (χ0n) is 13.0. The molecule has 0 unspecified atom stereocenters. The summed E-state index contributed by atoms with van der Waals surface area (Å²) in [5.74, 6) is -0.929. The van der Waals surface area contributed by atoms with E-state index in [4.69, 9.17) is 0 Å². The quantitative estimate of drug-likeness (QED) is 0.899. The Kier molecular flexibility index (Phi) is 4.72. The van der Waals surface area contributed by atoms with E-state index in [-0.39, 0.29) is 4.90 Å². The van der Waals surface area contributed by atoms with Crippen LogP contribution in [0.4, 0.5) is 0 Å². The predicted octanol–water partition coefficient (Wildman–Crippen LogP) is 1.78. The molecule has 8 heteroatoms. The number of rotatable bonds is 5.